The molecule has 0 saturated heterocycles. The van der Waals surface area contributed by atoms with E-state index in [1.54, 1.807) is 49.6 Å². The smallest absolute Gasteiger partial charge is 0.416 e. The number of hydrogen-bond acceptors (Lipinski definition) is 4. The fraction of sp³-hybridized carbons (Fsp3) is 0.276. The SMILES string of the molecule is COc1ccc(Oc2c(C)n(Cc3ccc(F)c(OC(C(=O)O)C(C)C)c3)c3cc(C(F)(F)F)ccc23)cc1. The van der Waals surface area contributed by atoms with Crippen LogP contribution in [0.3, 0.4) is 0 Å². The maximum Gasteiger partial charge on any atom is 0.416 e. The number of hydrogen-bond donors (Lipinski definition) is 1. The summed E-state index contributed by atoms with van der Waals surface area (Å²) in [4.78, 5) is 11.6. The zero-order valence-electron chi connectivity index (χ0n) is 21.7. The number of nitrogens with zero attached hydrogens (tertiary/aromatic N) is 1. The summed E-state index contributed by atoms with van der Waals surface area (Å²) < 4.78 is 73.7. The Hall–Kier alpha value is -4.21. The average molecular weight is 546 g/mol. The Kier molecular flexibility index (Phi) is 7.76. The van der Waals surface area contributed by atoms with E-state index in [0.717, 1.165) is 18.2 Å². The summed E-state index contributed by atoms with van der Waals surface area (Å²) in [6, 6.07) is 14.1. The van der Waals surface area contributed by atoms with Gasteiger partial charge in [-0.1, -0.05) is 19.9 Å². The Bertz CT molecular complexity index is 1490. The van der Waals surface area contributed by atoms with E-state index in [-0.39, 0.29) is 17.8 Å². The van der Waals surface area contributed by atoms with Crippen LogP contribution in [-0.2, 0) is 17.5 Å². The highest BCUT2D eigenvalue weighted by Gasteiger charge is 2.32. The van der Waals surface area contributed by atoms with E-state index in [1.807, 2.05) is 0 Å². The Balaban J connectivity index is 1.78. The molecule has 0 aliphatic rings. The van der Waals surface area contributed by atoms with E-state index in [0.29, 0.717) is 33.9 Å². The van der Waals surface area contributed by atoms with Gasteiger partial charge in [0.25, 0.3) is 0 Å². The Morgan fingerprint density at radius 2 is 1.67 bits per heavy atom. The molecule has 10 heteroatoms. The third kappa shape index (κ3) is 5.94. The van der Waals surface area contributed by atoms with Crippen LogP contribution in [0.15, 0.2) is 60.7 Å². The highest BCUT2D eigenvalue weighted by atomic mass is 19.4. The summed E-state index contributed by atoms with van der Waals surface area (Å²) >= 11 is 0. The van der Waals surface area contributed by atoms with Crippen LogP contribution in [0.2, 0.25) is 0 Å². The molecule has 0 bridgehead atoms. The Morgan fingerprint density at radius 3 is 2.26 bits per heavy atom. The minimum atomic E-state index is -4.56. The standard InChI is InChI=1S/C29H27F4NO5/c1-16(2)26(28(35)36)39-25-13-18(5-12-23(25)30)15-34-17(3)27(38-21-9-7-20(37-4)8-10-21)22-11-6-19(14-24(22)34)29(31,32)33/h5-14,16,26H,15H2,1-4H3,(H,35,36). The fourth-order valence-electron chi connectivity index (χ4n) is 4.24. The molecule has 1 N–H and O–H groups in total. The third-order valence-corrected chi connectivity index (χ3v) is 6.31. The van der Waals surface area contributed by atoms with Crippen LogP contribution >= 0.6 is 0 Å². The lowest BCUT2D eigenvalue weighted by molar-refractivity contribution is -0.147. The van der Waals surface area contributed by atoms with Crippen LogP contribution < -0.4 is 14.2 Å². The van der Waals surface area contributed by atoms with Crippen molar-refractivity contribution in [2.45, 2.75) is 39.6 Å². The normalized spacial score (nSPS) is 12.5. The van der Waals surface area contributed by atoms with Crippen LogP contribution in [0.25, 0.3) is 10.9 Å². The lowest BCUT2D eigenvalue weighted by Crippen LogP contribution is -2.32. The monoisotopic (exact) mass is 545 g/mol. The molecule has 1 unspecified atom stereocenters. The first kappa shape index (κ1) is 27.8. The largest absolute Gasteiger partial charge is 0.497 e. The lowest BCUT2D eigenvalue weighted by Gasteiger charge is -2.19. The molecule has 0 radical (unpaired) electrons. The molecule has 4 rings (SSSR count). The number of carbonyl (C=O) groups is 1. The van der Waals surface area contributed by atoms with E-state index in [9.17, 15) is 27.5 Å². The maximum absolute atomic E-state index is 14.5. The quantitative estimate of drug-likeness (QED) is 0.221. The Labute approximate surface area is 222 Å². The number of methoxy groups -OCH3 is 1. The second-order valence-corrected chi connectivity index (χ2v) is 9.39. The van der Waals surface area contributed by atoms with Gasteiger partial charge in [-0.05, 0) is 67.1 Å². The maximum atomic E-state index is 14.5. The summed E-state index contributed by atoms with van der Waals surface area (Å²) in [6.45, 7) is 5.04. The number of carboxylic acids is 1. The predicted octanol–water partition coefficient (Wildman–Crippen LogP) is 7.44. The summed E-state index contributed by atoms with van der Waals surface area (Å²) in [5.41, 5.74) is 0.475. The van der Waals surface area contributed by atoms with Gasteiger partial charge in [-0.3, -0.25) is 0 Å². The number of halogens is 4. The number of ether oxygens (including phenoxy) is 3. The second-order valence-electron chi connectivity index (χ2n) is 9.39. The van der Waals surface area contributed by atoms with Gasteiger partial charge in [0.05, 0.1) is 23.9 Å². The number of aliphatic carboxylic acids is 1. The van der Waals surface area contributed by atoms with Crippen molar-refractivity contribution in [1.82, 2.24) is 4.57 Å². The molecule has 3 aromatic carbocycles. The third-order valence-electron chi connectivity index (χ3n) is 6.31. The first-order valence-corrected chi connectivity index (χ1v) is 12.1. The molecule has 0 amide bonds. The first-order chi connectivity index (χ1) is 18.4. The van der Waals surface area contributed by atoms with Crippen LogP contribution in [-0.4, -0.2) is 28.9 Å². The second kappa shape index (κ2) is 10.9. The van der Waals surface area contributed by atoms with Crippen molar-refractivity contribution in [3.05, 3.63) is 83.3 Å². The van der Waals surface area contributed by atoms with E-state index in [2.05, 4.69) is 0 Å². The van der Waals surface area contributed by atoms with Gasteiger partial charge in [0.2, 0.25) is 0 Å². The minimum absolute atomic E-state index is 0.0473. The molecule has 1 atom stereocenters. The van der Waals surface area contributed by atoms with E-state index >= 15 is 0 Å². The van der Waals surface area contributed by atoms with Gasteiger partial charge < -0.3 is 23.9 Å². The highest BCUT2D eigenvalue weighted by Crippen LogP contribution is 2.40. The number of aromatic nitrogens is 1. The molecule has 0 aliphatic carbocycles. The van der Waals surface area contributed by atoms with Crippen molar-refractivity contribution in [1.29, 1.82) is 0 Å². The summed E-state index contributed by atoms with van der Waals surface area (Å²) in [5, 5.41) is 9.89. The Morgan fingerprint density at radius 1 is 1.00 bits per heavy atom. The van der Waals surface area contributed by atoms with E-state index < -0.39 is 35.5 Å². The summed E-state index contributed by atoms with van der Waals surface area (Å²) in [7, 11) is 1.53. The molecule has 206 valence electrons. The zero-order valence-corrected chi connectivity index (χ0v) is 21.7. The number of rotatable bonds is 9. The van der Waals surface area contributed by atoms with E-state index in [1.165, 1.54) is 25.3 Å². The number of carboxylic acid groups (broad SMARTS) is 1. The van der Waals surface area contributed by atoms with Crippen LogP contribution in [0.4, 0.5) is 17.6 Å². The molecule has 0 spiro atoms. The van der Waals surface area contributed by atoms with Gasteiger partial charge in [0.15, 0.2) is 23.4 Å². The molecular weight excluding hydrogens is 518 g/mol. The molecule has 6 nitrogen and oxygen atoms in total. The highest BCUT2D eigenvalue weighted by molar-refractivity contribution is 5.89. The molecule has 1 heterocycles. The van der Waals surface area contributed by atoms with Gasteiger partial charge >= 0.3 is 12.1 Å². The van der Waals surface area contributed by atoms with Crippen molar-refractivity contribution in [2.75, 3.05) is 7.11 Å². The van der Waals surface area contributed by atoms with Crippen molar-refractivity contribution in [3.8, 4) is 23.0 Å². The van der Waals surface area contributed by atoms with Crippen molar-refractivity contribution in [3.63, 3.8) is 0 Å². The minimum Gasteiger partial charge on any atom is -0.497 e. The zero-order chi connectivity index (χ0) is 28.5. The number of fused-ring (bicyclic) bond motifs is 1. The van der Waals surface area contributed by atoms with E-state index in [4.69, 9.17) is 14.2 Å². The first-order valence-electron chi connectivity index (χ1n) is 12.1. The van der Waals surface area contributed by atoms with Gasteiger partial charge in [0.1, 0.15) is 11.5 Å². The van der Waals surface area contributed by atoms with Crippen LogP contribution in [0, 0.1) is 18.7 Å². The van der Waals surface area contributed by atoms with Gasteiger partial charge in [-0.15, -0.1) is 0 Å². The molecule has 0 saturated carbocycles. The number of alkyl halides is 3. The average Bonchev–Trinajstić information content (AvgIpc) is 3.13. The lowest BCUT2D eigenvalue weighted by atomic mass is 10.1. The van der Waals surface area contributed by atoms with Crippen LogP contribution in [0.1, 0.15) is 30.7 Å². The molecule has 39 heavy (non-hydrogen) atoms. The number of benzene rings is 3. The molecular formula is C29H27F4NO5. The topological polar surface area (TPSA) is 69.9 Å². The molecule has 1 aromatic heterocycles. The van der Waals surface area contributed by atoms with Gasteiger partial charge in [0, 0.05) is 17.8 Å². The predicted molar refractivity (Wildman–Crippen MR) is 137 cm³/mol. The van der Waals surface area contributed by atoms with Gasteiger partial charge in [-0.25, -0.2) is 9.18 Å². The summed E-state index contributed by atoms with van der Waals surface area (Å²) in [5.74, 6) is -1.22. The summed E-state index contributed by atoms with van der Waals surface area (Å²) in [6.07, 6.45) is -5.84. The van der Waals surface area contributed by atoms with Crippen molar-refractivity contribution in [2.24, 2.45) is 5.92 Å². The molecule has 0 fully saturated rings. The molecule has 4 aromatic rings. The molecule has 0 aliphatic heterocycles. The fourth-order valence-corrected chi connectivity index (χ4v) is 4.24. The van der Waals surface area contributed by atoms with Crippen molar-refractivity contribution >= 4 is 16.9 Å². The van der Waals surface area contributed by atoms with Crippen LogP contribution in [0.5, 0.6) is 23.0 Å². The van der Waals surface area contributed by atoms with Gasteiger partial charge in [-0.2, -0.15) is 13.2 Å². The van der Waals surface area contributed by atoms with Crippen molar-refractivity contribution < 1.29 is 41.7 Å².